The summed E-state index contributed by atoms with van der Waals surface area (Å²) in [5, 5.41) is 11.2. The second-order valence-electron chi connectivity index (χ2n) is 7.92. The van der Waals surface area contributed by atoms with Gasteiger partial charge < -0.3 is 24.2 Å². The molecule has 8 nitrogen and oxygen atoms in total. The van der Waals surface area contributed by atoms with Crippen molar-refractivity contribution >= 4 is 17.4 Å². The van der Waals surface area contributed by atoms with Crippen LogP contribution in [0.1, 0.15) is 22.7 Å². The summed E-state index contributed by atoms with van der Waals surface area (Å²) in [6.07, 6.45) is 3.55. The molecule has 1 unspecified atom stereocenters. The number of carbonyl (C=O) groups excluding carboxylic acids is 2. The van der Waals surface area contributed by atoms with Gasteiger partial charge in [-0.25, -0.2) is 0 Å². The largest absolute Gasteiger partial charge is 0.507 e. The molecule has 8 heteroatoms. The number of methoxy groups -OCH3 is 3. The van der Waals surface area contributed by atoms with Crippen LogP contribution in [-0.2, 0) is 16.0 Å². The Kier molecular flexibility index (Phi) is 7.01. The maximum atomic E-state index is 13.2. The van der Waals surface area contributed by atoms with Gasteiger partial charge in [-0.3, -0.25) is 14.6 Å². The highest BCUT2D eigenvalue weighted by Crippen LogP contribution is 2.45. The second-order valence-corrected chi connectivity index (χ2v) is 7.92. The minimum Gasteiger partial charge on any atom is -0.507 e. The van der Waals surface area contributed by atoms with Crippen molar-refractivity contribution in [3.05, 3.63) is 89.3 Å². The molecule has 1 aliphatic rings. The monoisotopic (exact) mass is 474 g/mol. The first-order valence-corrected chi connectivity index (χ1v) is 11.0. The molecule has 35 heavy (non-hydrogen) atoms. The normalized spacial score (nSPS) is 16.9. The molecule has 0 aliphatic carbocycles. The number of ketones is 1. The van der Waals surface area contributed by atoms with Crippen LogP contribution in [0.25, 0.3) is 5.76 Å². The third-order valence-electron chi connectivity index (χ3n) is 5.98. The zero-order chi connectivity index (χ0) is 24.9. The lowest BCUT2D eigenvalue weighted by molar-refractivity contribution is -0.139. The highest BCUT2D eigenvalue weighted by molar-refractivity contribution is 6.46. The van der Waals surface area contributed by atoms with Gasteiger partial charge in [0.25, 0.3) is 11.7 Å². The van der Waals surface area contributed by atoms with E-state index in [0.29, 0.717) is 34.8 Å². The van der Waals surface area contributed by atoms with Crippen molar-refractivity contribution in [1.29, 1.82) is 0 Å². The Bertz CT molecular complexity index is 1230. The molecule has 180 valence electrons. The highest BCUT2D eigenvalue weighted by Gasteiger charge is 2.46. The molecule has 1 N–H and O–H groups in total. The zero-order valence-corrected chi connectivity index (χ0v) is 19.7. The first-order valence-electron chi connectivity index (χ1n) is 11.0. The number of aliphatic hydroxyl groups excluding tert-OH is 1. The summed E-state index contributed by atoms with van der Waals surface area (Å²) in [5.41, 5.74) is 1.94. The molecule has 3 aromatic rings. The van der Waals surface area contributed by atoms with E-state index >= 15 is 0 Å². The Morgan fingerprint density at radius 1 is 0.943 bits per heavy atom. The number of aromatic nitrogens is 1. The second kappa shape index (κ2) is 10.3. The first kappa shape index (κ1) is 23.8. The predicted octanol–water partition coefficient (Wildman–Crippen LogP) is 3.77. The summed E-state index contributed by atoms with van der Waals surface area (Å²) < 4.78 is 16.4. The summed E-state index contributed by atoms with van der Waals surface area (Å²) in [6, 6.07) is 15.4. The van der Waals surface area contributed by atoms with Gasteiger partial charge in [-0.2, -0.15) is 0 Å². The van der Waals surface area contributed by atoms with Crippen LogP contribution in [0.2, 0.25) is 0 Å². The molecule has 2 aromatic carbocycles. The number of amides is 1. The van der Waals surface area contributed by atoms with E-state index in [-0.39, 0.29) is 17.9 Å². The van der Waals surface area contributed by atoms with Gasteiger partial charge in [0.05, 0.1) is 32.9 Å². The fraction of sp³-hybridized carbons (Fsp3) is 0.222. The quantitative estimate of drug-likeness (QED) is 0.301. The van der Waals surface area contributed by atoms with E-state index in [1.54, 1.807) is 24.3 Å². The van der Waals surface area contributed by atoms with Crippen molar-refractivity contribution in [1.82, 2.24) is 9.88 Å². The average molecular weight is 475 g/mol. The highest BCUT2D eigenvalue weighted by atomic mass is 16.5. The van der Waals surface area contributed by atoms with Crippen molar-refractivity contribution in [3.8, 4) is 17.2 Å². The van der Waals surface area contributed by atoms with Gasteiger partial charge in [0.15, 0.2) is 11.5 Å². The van der Waals surface area contributed by atoms with Gasteiger partial charge in [-0.15, -0.1) is 0 Å². The van der Waals surface area contributed by atoms with Crippen LogP contribution < -0.4 is 14.2 Å². The van der Waals surface area contributed by atoms with Crippen molar-refractivity contribution in [3.63, 3.8) is 0 Å². The Balaban J connectivity index is 1.87. The number of Topliss-reactive ketones (excluding diaryl/α,β-unsaturated/α-hetero) is 1. The number of hydrogen-bond donors (Lipinski definition) is 1. The van der Waals surface area contributed by atoms with Gasteiger partial charge in [0, 0.05) is 24.5 Å². The number of ether oxygens (including phenoxy) is 3. The molecule has 1 amide bonds. The fourth-order valence-corrected chi connectivity index (χ4v) is 4.28. The Morgan fingerprint density at radius 3 is 2.14 bits per heavy atom. The maximum Gasteiger partial charge on any atom is 0.295 e. The molecule has 1 atom stereocenters. The van der Waals surface area contributed by atoms with E-state index < -0.39 is 17.7 Å². The van der Waals surface area contributed by atoms with Crippen LogP contribution in [0.15, 0.2) is 72.6 Å². The van der Waals surface area contributed by atoms with Gasteiger partial charge in [0.1, 0.15) is 5.76 Å². The summed E-state index contributed by atoms with van der Waals surface area (Å²) in [4.78, 5) is 31.9. The lowest BCUT2D eigenvalue weighted by atomic mass is 9.94. The third kappa shape index (κ3) is 4.55. The minimum atomic E-state index is -0.861. The number of hydrogen-bond acceptors (Lipinski definition) is 7. The number of pyridine rings is 1. The molecule has 2 heterocycles. The standard InChI is InChI=1S/C27H26N2O6/c1-33-20-15-19(16-21(34-2)26(20)35-3)23-22(24(30)18-9-12-28-13-10-18)25(31)27(32)29(23)14-11-17-7-5-4-6-8-17/h4-10,12-13,15-16,23,30H,11,14H2,1-3H3. The number of likely N-dealkylation sites (tertiary alicyclic amines) is 1. The minimum absolute atomic E-state index is 0.0106. The van der Waals surface area contributed by atoms with Crippen LogP contribution in [0.3, 0.4) is 0 Å². The fourth-order valence-electron chi connectivity index (χ4n) is 4.28. The van der Waals surface area contributed by atoms with Crippen molar-refractivity contribution < 1.29 is 28.9 Å². The van der Waals surface area contributed by atoms with E-state index in [9.17, 15) is 14.7 Å². The van der Waals surface area contributed by atoms with E-state index in [2.05, 4.69) is 4.98 Å². The number of nitrogens with zero attached hydrogens (tertiary/aromatic N) is 2. The summed E-state index contributed by atoms with van der Waals surface area (Å²) in [5.74, 6) is -0.582. The van der Waals surface area contributed by atoms with Gasteiger partial charge in [-0.05, 0) is 41.8 Å². The van der Waals surface area contributed by atoms with E-state index in [1.807, 2.05) is 30.3 Å². The number of benzene rings is 2. The Hall–Kier alpha value is -4.33. The number of carbonyl (C=O) groups is 2. The predicted molar refractivity (Wildman–Crippen MR) is 129 cm³/mol. The van der Waals surface area contributed by atoms with E-state index in [1.165, 1.54) is 38.6 Å². The Labute approximate surface area is 203 Å². The van der Waals surface area contributed by atoms with Crippen LogP contribution in [-0.4, -0.2) is 54.6 Å². The maximum absolute atomic E-state index is 13.2. The molecule has 1 saturated heterocycles. The molecular formula is C27H26N2O6. The lowest BCUT2D eigenvalue weighted by Crippen LogP contribution is -2.31. The molecule has 4 rings (SSSR count). The average Bonchev–Trinajstić information content (AvgIpc) is 3.16. The molecule has 0 spiro atoms. The van der Waals surface area contributed by atoms with Crippen LogP contribution >= 0.6 is 0 Å². The van der Waals surface area contributed by atoms with Crippen LogP contribution in [0.5, 0.6) is 17.2 Å². The summed E-state index contributed by atoms with van der Waals surface area (Å²) >= 11 is 0. The van der Waals surface area contributed by atoms with Gasteiger partial charge in [0.2, 0.25) is 5.75 Å². The van der Waals surface area contributed by atoms with E-state index in [0.717, 1.165) is 5.56 Å². The zero-order valence-electron chi connectivity index (χ0n) is 19.7. The molecular weight excluding hydrogens is 448 g/mol. The SMILES string of the molecule is COc1cc(C2C(=C(O)c3ccncc3)C(=O)C(=O)N2CCc2ccccc2)cc(OC)c1OC. The molecule has 1 aromatic heterocycles. The third-order valence-corrected chi connectivity index (χ3v) is 5.98. The molecule has 1 fully saturated rings. The van der Waals surface area contributed by atoms with Gasteiger partial charge >= 0.3 is 0 Å². The Morgan fingerprint density at radius 2 is 1.57 bits per heavy atom. The van der Waals surface area contributed by atoms with Crippen molar-refractivity contribution in [2.75, 3.05) is 27.9 Å². The van der Waals surface area contributed by atoms with Crippen molar-refractivity contribution in [2.45, 2.75) is 12.5 Å². The van der Waals surface area contributed by atoms with Crippen LogP contribution in [0.4, 0.5) is 0 Å². The van der Waals surface area contributed by atoms with Gasteiger partial charge in [-0.1, -0.05) is 30.3 Å². The smallest absolute Gasteiger partial charge is 0.295 e. The lowest BCUT2D eigenvalue weighted by Gasteiger charge is -2.26. The molecule has 0 radical (unpaired) electrons. The summed E-state index contributed by atoms with van der Waals surface area (Å²) in [6.45, 7) is 0.267. The number of rotatable bonds is 8. The molecule has 0 bridgehead atoms. The number of aliphatic hydroxyl groups is 1. The topological polar surface area (TPSA) is 98.2 Å². The summed E-state index contributed by atoms with van der Waals surface area (Å²) in [7, 11) is 4.48. The first-order chi connectivity index (χ1) is 17.0. The molecule has 1 aliphatic heterocycles. The van der Waals surface area contributed by atoms with Crippen LogP contribution in [0, 0.1) is 0 Å². The van der Waals surface area contributed by atoms with E-state index in [4.69, 9.17) is 14.2 Å². The van der Waals surface area contributed by atoms with Crippen molar-refractivity contribution in [2.24, 2.45) is 0 Å². The molecule has 0 saturated carbocycles.